The third kappa shape index (κ3) is 3.62. The molecule has 5 nitrogen and oxygen atoms in total. The average molecular weight is 288 g/mol. The minimum Gasteiger partial charge on any atom is -0.478 e. The highest BCUT2D eigenvalue weighted by Gasteiger charge is 2.23. The SMILES string of the molecule is CC(C)=CCNC(=O)N1CCc2c(cccc2C(=O)O)C1. The van der Waals surface area contributed by atoms with Gasteiger partial charge in [-0.2, -0.15) is 0 Å². The molecule has 1 aromatic carbocycles. The first-order valence-electron chi connectivity index (χ1n) is 6.99. The van der Waals surface area contributed by atoms with E-state index in [0.717, 1.165) is 16.7 Å². The summed E-state index contributed by atoms with van der Waals surface area (Å²) in [5.41, 5.74) is 3.26. The van der Waals surface area contributed by atoms with E-state index >= 15 is 0 Å². The van der Waals surface area contributed by atoms with E-state index in [1.54, 1.807) is 17.0 Å². The second-order valence-electron chi connectivity index (χ2n) is 5.39. The highest BCUT2D eigenvalue weighted by molar-refractivity contribution is 5.90. The second kappa shape index (κ2) is 6.43. The molecule has 2 N–H and O–H groups in total. The Kier molecular flexibility index (Phi) is 4.62. The largest absolute Gasteiger partial charge is 0.478 e. The minimum absolute atomic E-state index is 0.112. The Hall–Kier alpha value is -2.30. The van der Waals surface area contributed by atoms with Crippen LogP contribution in [-0.2, 0) is 13.0 Å². The summed E-state index contributed by atoms with van der Waals surface area (Å²) in [4.78, 5) is 25.0. The van der Waals surface area contributed by atoms with Crippen LogP contribution in [0.3, 0.4) is 0 Å². The van der Waals surface area contributed by atoms with Gasteiger partial charge in [0.05, 0.1) is 5.56 Å². The van der Waals surface area contributed by atoms with Gasteiger partial charge in [-0.1, -0.05) is 23.8 Å². The number of carbonyl (C=O) groups excluding carboxylic acids is 1. The van der Waals surface area contributed by atoms with E-state index in [1.165, 1.54) is 0 Å². The first-order valence-corrected chi connectivity index (χ1v) is 6.99. The molecule has 21 heavy (non-hydrogen) atoms. The molecule has 5 heteroatoms. The molecule has 0 unspecified atom stereocenters. The van der Waals surface area contributed by atoms with E-state index in [1.807, 2.05) is 26.0 Å². The van der Waals surface area contributed by atoms with Crippen molar-refractivity contribution in [2.24, 2.45) is 0 Å². The predicted octanol–water partition coefficient (Wildman–Crippen LogP) is 2.42. The van der Waals surface area contributed by atoms with Crippen molar-refractivity contribution in [1.82, 2.24) is 10.2 Å². The quantitative estimate of drug-likeness (QED) is 0.839. The molecule has 1 aliphatic rings. The van der Waals surface area contributed by atoms with Crippen molar-refractivity contribution in [2.45, 2.75) is 26.8 Å². The number of carbonyl (C=O) groups is 2. The van der Waals surface area contributed by atoms with Crippen molar-refractivity contribution < 1.29 is 14.7 Å². The van der Waals surface area contributed by atoms with Crippen molar-refractivity contribution >= 4 is 12.0 Å². The fourth-order valence-electron chi connectivity index (χ4n) is 2.44. The summed E-state index contributed by atoms with van der Waals surface area (Å²) in [7, 11) is 0. The first-order chi connectivity index (χ1) is 9.99. The number of hydrogen-bond donors (Lipinski definition) is 2. The Labute approximate surface area is 124 Å². The summed E-state index contributed by atoms with van der Waals surface area (Å²) in [5.74, 6) is -0.909. The summed E-state index contributed by atoms with van der Waals surface area (Å²) < 4.78 is 0. The number of nitrogens with zero attached hydrogens (tertiary/aromatic N) is 1. The molecule has 112 valence electrons. The van der Waals surface area contributed by atoms with E-state index in [0.29, 0.717) is 31.6 Å². The van der Waals surface area contributed by atoms with E-state index < -0.39 is 5.97 Å². The Bertz CT molecular complexity index is 589. The molecular weight excluding hydrogens is 268 g/mol. The summed E-state index contributed by atoms with van der Waals surface area (Å²) >= 11 is 0. The molecular formula is C16H20N2O3. The smallest absolute Gasteiger partial charge is 0.335 e. The van der Waals surface area contributed by atoms with Crippen molar-refractivity contribution in [3.8, 4) is 0 Å². The van der Waals surface area contributed by atoms with Crippen molar-refractivity contribution in [3.63, 3.8) is 0 Å². The van der Waals surface area contributed by atoms with Gasteiger partial charge in [0.2, 0.25) is 0 Å². The van der Waals surface area contributed by atoms with Gasteiger partial charge in [-0.15, -0.1) is 0 Å². The van der Waals surface area contributed by atoms with Gasteiger partial charge in [0, 0.05) is 19.6 Å². The lowest BCUT2D eigenvalue weighted by Crippen LogP contribution is -2.43. The van der Waals surface area contributed by atoms with Crippen LogP contribution in [0.15, 0.2) is 29.8 Å². The van der Waals surface area contributed by atoms with E-state index in [4.69, 9.17) is 0 Å². The summed E-state index contributed by atoms with van der Waals surface area (Å²) in [6.07, 6.45) is 2.53. The van der Waals surface area contributed by atoms with Gasteiger partial charge < -0.3 is 15.3 Å². The molecule has 0 radical (unpaired) electrons. The average Bonchev–Trinajstić information content (AvgIpc) is 2.45. The Morgan fingerprint density at radius 2 is 2.14 bits per heavy atom. The molecule has 1 heterocycles. The van der Waals surface area contributed by atoms with Crippen molar-refractivity contribution in [1.29, 1.82) is 0 Å². The zero-order valence-electron chi connectivity index (χ0n) is 12.3. The van der Waals surface area contributed by atoms with Crippen LogP contribution in [0.1, 0.15) is 35.3 Å². The number of urea groups is 1. The van der Waals surface area contributed by atoms with Crippen LogP contribution in [-0.4, -0.2) is 35.1 Å². The molecule has 2 amide bonds. The molecule has 0 fully saturated rings. The molecule has 0 atom stereocenters. The van der Waals surface area contributed by atoms with Gasteiger partial charge in [0.15, 0.2) is 0 Å². The standard InChI is InChI=1S/C16H20N2O3/c1-11(2)6-8-17-16(21)18-9-7-13-12(10-18)4-3-5-14(13)15(19)20/h3-6H,7-10H2,1-2H3,(H,17,21)(H,19,20). The van der Waals surface area contributed by atoms with Crippen LogP contribution in [0.5, 0.6) is 0 Å². The molecule has 0 spiro atoms. The van der Waals surface area contributed by atoms with E-state index in [2.05, 4.69) is 5.32 Å². The highest BCUT2D eigenvalue weighted by Crippen LogP contribution is 2.22. The van der Waals surface area contributed by atoms with Gasteiger partial charge in [-0.3, -0.25) is 0 Å². The number of carboxylic acids is 1. The number of carboxylic acid groups (broad SMARTS) is 1. The van der Waals surface area contributed by atoms with Crippen LogP contribution in [0.4, 0.5) is 4.79 Å². The Morgan fingerprint density at radius 3 is 2.81 bits per heavy atom. The molecule has 1 aliphatic heterocycles. The normalized spacial score (nSPS) is 13.3. The molecule has 1 aromatic rings. The minimum atomic E-state index is -0.909. The third-order valence-electron chi connectivity index (χ3n) is 3.55. The van der Waals surface area contributed by atoms with Gasteiger partial charge in [0.25, 0.3) is 0 Å². The maximum atomic E-state index is 12.1. The number of hydrogen-bond acceptors (Lipinski definition) is 2. The van der Waals surface area contributed by atoms with Crippen molar-refractivity contribution in [3.05, 3.63) is 46.5 Å². The predicted molar refractivity (Wildman–Crippen MR) is 80.3 cm³/mol. The van der Waals surface area contributed by atoms with Crippen molar-refractivity contribution in [2.75, 3.05) is 13.1 Å². The fraction of sp³-hybridized carbons (Fsp3) is 0.375. The number of benzene rings is 1. The molecule has 0 bridgehead atoms. The molecule has 0 aromatic heterocycles. The lowest BCUT2D eigenvalue weighted by atomic mass is 9.95. The number of fused-ring (bicyclic) bond motifs is 1. The number of amides is 2. The number of aromatic carboxylic acids is 1. The molecule has 0 saturated carbocycles. The van der Waals surface area contributed by atoms with E-state index in [9.17, 15) is 14.7 Å². The molecule has 2 rings (SSSR count). The van der Waals surface area contributed by atoms with Crippen LogP contribution in [0.25, 0.3) is 0 Å². The zero-order chi connectivity index (χ0) is 15.4. The van der Waals surface area contributed by atoms with Gasteiger partial charge in [0.1, 0.15) is 0 Å². The van der Waals surface area contributed by atoms with E-state index in [-0.39, 0.29) is 6.03 Å². The first kappa shape index (κ1) is 15.1. The topological polar surface area (TPSA) is 69.6 Å². The Morgan fingerprint density at radius 1 is 1.38 bits per heavy atom. The highest BCUT2D eigenvalue weighted by atomic mass is 16.4. The molecule has 0 saturated heterocycles. The summed E-state index contributed by atoms with van der Waals surface area (Å²) in [6, 6.07) is 5.12. The maximum Gasteiger partial charge on any atom is 0.335 e. The van der Waals surface area contributed by atoms with Gasteiger partial charge in [-0.25, -0.2) is 9.59 Å². The Balaban J connectivity index is 2.06. The van der Waals surface area contributed by atoms with Gasteiger partial charge >= 0.3 is 12.0 Å². The van der Waals surface area contributed by atoms with Gasteiger partial charge in [-0.05, 0) is 37.5 Å². The van der Waals surface area contributed by atoms with Crippen LogP contribution < -0.4 is 5.32 Å². The second-order valence-corrected chi connectivity index (χ2v) is 5.39. The lowest BCUT2D eigenvalue weighted by Gasteiger charge is -2.29. The molecule has 0 aliphatic carbocycles. The van der Waals surface area contributed by atoms with Crippen LogP contribution in [0.2, 0.25) is 0 Å². The maximum absolute atomic E-state index is 12.1. The number of rotatable bonds is 3. The van der Waals surface area contributed by atoms with Crippen LogP contribution in [0, 0.1) is 0 Å². The monoisotopic (exact) mass is 288 g/mol. The summed E-state index contributed by atoms with van der Waals surface area (Å²) in [6.45, 7) is 5.47. The lowest BCUT2D eigenvalue weighted by molar-refractivity contribution is 0.0695. The number of allylic oxidation sites excluding steroid dienone is 1. The summed E-state index contributed by atoms with van der Waals surface area (Å²) in [5, 5.41) is 12.0. The fourth-order valence-corrected chi connectivity index (χ4v) is 2.44. The number of nitrogens with one attached hydrogen (secondary N) is 1. The third-order valence-corrected chi connectivity index (χ3v) is 3.55. The van der Waals surface area contributed by atoms with Crippen LogP contribution >= 0.6 is 0 Å². The zero-order valence-corrected chi connectivity index (χ0v) is 12.3.